The molecule has 3 aliphatic rings. The molecule has 12 rings (SSSR count). The third-order valence-corrected chi connectivity index (χ3v) is 12.0. The maximum Gasteiger partial charge on any atom is 0.164 e. The number of rotatable bonds is 5. The zero-order chi connectivity index (χ0) is 38.2. The van der Waals surface area contributed by atoms with Gasteiger partial charge in [-0.2, -0.15) is 0 Å². The van der Waals surface area contributed by atoms with Crippen molar-refractivity contribution in [3.8, 4) is 34.2 Å². The second-order valence-electron chi connectivity index (χ2n) is 15.4. The molecule has 0 saturated heterocycles. The van der Waals surface area contributed by atoms with Crippen molar-refractivity contribution in [3.63, 3.8) is 0 Å². The Bertz CT molecular complexity index is 3380. The minimum atomic E-state index is 0.369. The van der Waals surface area contributed by atoms with Crippen LogP contribution in [0.15, 0.2) is 167 Å². The number of hydrogen-bond acceptors (Lipinski definition) is 5. The van der Waals surface area contributed by atoms with E-state index in [0.717, 1.165) is 79.8 Å². The standard InChI is InChI=1S/C53H35N3O2/c1-2-11-33(12-3-1)51-54-52(56-53(55-51)39-23-26-44-43-16-6-7-18-46(43)58-49(44)31-39)38-14-8-13-36(29-38)42-17-9-19-48-50(42)45-30-35(24-27-47(45)57-48)34-22-25-41-37(28-34)21-20-32-10-4-5-15-40(32)41/h1-8,10-16,18-27,29-31,37H,9,17,28H2. The smallest absolute Gasteiger partial charge is 0.164 e. The summed E-state index contributed by atoms with van der Waals surface area (Å²) in [6, 6.07) is 48.5. The first-order chi connectivity index (χ1) is 28.7. The van der Waals surface area contributed by atoms with E-state index < -0.39 is 0 Å². The first-order valence-corrected chi connectivity index (χ1v) is 20.0. The first-order valence-electron chi connectivity index (χ1n) is 20.0. The fourth-order valence-corrected chi connectivity index (χ4v) is 9.12. The highest BCUT2D eigenvalue weighted by Crippen LogP contribution is 2.42. The number of furan rings is 2. The van der Waals surface area contributed by atoms with E-state index in [1.54, 1.807) is 0 Å². The summed E-state index contributed by atoms with van der Waals surface area (Å²) in [6.45, 7) is 0. The van der Waals surface area contributed by atoms with Crippen LogP contribution in [0.25, 0.3) is 95.9 Å². The van der Waals surface area contributed by atoms with Gasteiger partial charge in [0.25, 0.3) is 0 Å². The molecule has 9 aromatic rings. The summed E-state index contributed by atoms with van der Waals surface area (Å²) in [4.78, 5) is 15.2. The molecule has 0 fully saturated rings. The Hall–Kier alpha value is -7.37. The Balaban J connectivity index is 0.969. The Morgan fingerprint density at radius 1 is 0.517 bits per heavy atom. The molecule has 1 atom stereocenters. The summed E-state index contributed by atoms with van der Waals surface area (Å²) in [6.07, 6.45) is 14.3. The van der Waals surface area contributed by atoms with Crippen LogP contribution in [0.2, 0.25) is 0 Å². The van der Waals surface area contributed by atoms with Crippen LogP contribution in [-0.2, 0) is 0 Å². The molecule has 0 bridgehead atoms. The Labute approximate surface area is 334 Å². The summed E-state index contributed by atoms with van der Waals surface area (Å²) in [7, 11) is 0. The first kappa shape index (κ1) is 32.8. The van der Waals surface area contributed by atoms with Crippen LogP contribution in [-0.4, -0.2) is 15.0 Å². The van der Waals surface area contributed by atoms with Gasteiger partial charge in [-0.05, 0) is 101 Å². The van der Waals surface area contributed by atoms with E-state index in [1.165, 1.54) is 38.6 Å². The zero-order valence-corrected chi connectivity index (χ0v) is 31.5. The van der Waals surface area contributed by atoms with Crippen molar-refractivity contribution in [3.05, 3.63) is 191 Å². The predicted octanol–water partition coefficient (Wildman–Crippen LogP) is 11.8. The number of benzene rings is 6. The van der Waals surface area contributed by atoms with E-state index in [9.17, 15) is 0 Å². The maximum absolute atomic E-state index is 6.54. The Morgan fingerprint density at radius 3 is 2.16 bits per heavy atom. The second kappa shape index (κ2) is 13.1. The van der Waals surface area contributed by atoms with Crippen molar-refractivity contribution >= 4 is 61.8 Å². The molecule has 0 N–H and O–H groups in total. The average molecular weight is 746 g/mol. The molecule has 5 nitrogen and oxygen atoms in total. The topological polar surface area (TPSA) is 65.0 Å². The van der Waals surface area contributed by atoms with E-state index in [2.05, 4.69) is 115 Å². The van der Waals surface area contributed by atoms with E-state index in [1.807, 2.05) is 54.6 Å². The van der Waals surface area contributed by atoms with Crippen LogP contribution >= 0.6 is 0 Å². The number of hydrogen-bond donors (Lipinski definition) is 0. The molecule has 5 heteroatoms. The van der Waals surface area contributed by atoms with Crippen LogP contribution < -0.4 is 10.6 Å². The predicted molar refractivity (Wildman–Crippen MR) is 235 cm³/mol. The molecule has 0 spiro atoms. The molecule has 0 saturated carbocycles. The fraction of sp³-hybridized carbons (Fsp3) is 0.0755. The van der Waals surface area contributed by atoms with E-state index in [-0.39, 0.29) is 0 Å². The fourth-order valence-electron chi connectivity index (χ4n) is 9.12. The van der Waals surface area contributed by atoms with Crippen molar-refractivity contribution in [1.29, 1.82) is 0 Å². The van der Waals surface area contributed by atoms with Gasteiger partial charge in [-0.25, -0.2) is 15.0 Å². The number of allylic oxidation sites excluding steroid dienone is 5. The van der Waals surface area contributed by atoms with Crippen molar-refractivity contribution in [2.24, 2.45) is 5.92 Å². The molecular weight excluding hydrogens is 711 g/mol. The molecule has 1 unspecified atom stereocenters. The van der Waals surface area contributed by atoms with Crippen molar-refractivity contribution < 1.29 is 8.83 Å². The summed E-state index contributed by atoms with van der Waals surface area (Å²) in [5, 5.41) is 4.49. The molecule has 3 heterocycles. The van der Waals surface area contributed by atoms with Crippen LogP contribution in [0.1, 0.15) is 41.5 Å². The monoisotopic (exact) mass is 745 g/mol. The van der Waals surface area contributed by atoms with Crippen molar-refractivity contribution in [2.75, 3.05) is 0 Å². The van der Waals surface area contributed by atoms with Crippen molar-refractivity contribution in [2.45, 2.75) is 19.3 Å². The van der Waals surface area contributed by atoms with Gasteiger partial charge in [0.2, 0.25) is 0 Å². The van der Waals surface area contributed by atoms with Crippen molar-refractivity contribution in [1.82, 2.24) is 15.0 Å². The quantitative estimate of drug-likeness (QED) is 0.175. The highest BCUT2D eigenvalue weighted by Gasteiger charge is 2.24. The SMILES string of the molecule is C1=CC2CC(c3ccc4oc5c(c4c3)=C(c3cccc(-c4nc(-c6ccccc6)nc(-c6ccc7c(c6)oc6ccccc67)n4)c3)CCC=5)=CC=C2c2ccccc21. The average Bonchev–Trinajstić information content (AvgIpc) is 3.87. The van der Waals surface area contributed by atoms with Gasteiger partial charge in [0, 0.05) is 44.0 Å². The van der Waals surface area contributed by atoms with Gasteiger partial charge >= 0.3 is 0 Å². The maximum atomic E-state index is 6.54. The van der Waals surface area contributed by atoms with Gasteiger partial charge in [0.05, 0.1) is 0 Å². The van der Waals surface area contributed by atoms with E-state index in [4.69, 9.17) is 23.8 Å². The number of nitrogens with zero attached hydrogens (tertiary/aromatic N) is 3. The molecular formula is C53H35N3O2. The Kier molecular flexibility index (Phi) is 7.42. The van der Waals surface area contributed by atoms with Crippen LogP contribution in [0.4, 0.5) is 0 Å². The third-order valence-electron chi connectivity index (χ3n) is 12.0. The van der Waals surface area contributed by atoms with E-state index in [0.29, 0.717) is 23.4 Å². The molecule has 274 valence electrons. The lowest BCUT2D eigenvalue weighted by molar-refractivity contribution is 0.571. The molecule has 3 aliphatic carbocycles. The minimum absolute atomic E-state index is 0.369. The summed E-state index contributed by atoms with van der Waals surface area (Å²) in [5.41, 5.74) is 15.3. The zero-order valence-electron chi connectivity index (χ0n) is 31.5. The van der Waals surface area contributed by atoms with Gasteiger partial charge < -0.3 is 8.83 Å². The lowest BCUT2D eigenvalue weighted by Gasteiger charge is -2.27. The number of aromatic nitrogens is 3. The lowest BCUT2D eigenvalue weighted by atomic mass is 9.77. The van der Waals surface area contributed by atoms with Gasteiger partial charge in [-0.1, -0.05) is 127 Å². The summed E-state index contributed by atoms with van der Waals surface area (Å²) < 4.78 is 12.8. The van der Waals surface area contributed by atoms with Gasteiger partial charge in [0.1, 0.15) is 22.2 Å². The van der Waals surface area contributed by atoms with Gasteiger partial charge in [0.15, 0.2) is 17.5 Å². The molecule has 6 aromatic carbocycles. The highest BCUT2D eigenvalue weighted by atomic mass is 16.3. The minimum Gasteiger partial charge on any atom is -0.456 e. The molecule has 0 aliphatic heterocycles. The highest BCUT2D eigenvalue weighted by molar-refractivity contribution is 6.05. The molecule has 0 radical (unpaired) electrons. The molecule has 0 amide bonds. The summed E-state index contributed by atoms with van der Waals surface area (Å²) in [5.74, 6) is 2.21. The van der Waals surface area contributed by atoms with Crippen LogP contribution in [0.5, 0.6) is 0 Å². The van der Waals surface area contributed by atoms with E-state index >= 15 is 0 Å². The number of fused-ring (bicyclic) bond motifs is 9. The number of para-hydroxylation sites is 1. The largest absolute Gasteiger partial charge is 0.456 e. The van der Waals surface area contributed by atoms with Gasteiger partial charge in [-0.15, -0.1) is 0 Å². The molecule has 58 heavy (non-hydrogen) atoms. The third kappa shape index (κ3) is 5.42. The summed E-state index contributed by atoms with van der Waals surface area (Å²) >= 11 is 0. The lowest BCUT2D eigenvalue weighted by Crippen LogP contribution is -2.26. The van der Waals surface area contributed by atoms with Crippen LogP contribution in [0.3, 0.4) is 0 Å². The van der Waals surface area contributed by atoms with Crippen LogP contribution in [0, 0.1) is 5.92 Å². The van der Waals surface area contributed by atoms with Gasteiger partial charge in [-0.3, -0.25) is 0 Å². The molecule has 3 aromatic heterocycles. The second-order valence-corrected chi connectivity index (χ2v) is 15.4. The normalized spacial score (nSPS) is 15.8. The Morgan fingerprint density at radius 2 is 1.24 bits per heavy atom.